The van der Waals surface area contributed by atoms with Crippen molar-refractivity contribution in [1.82, 2.24) is 9.88 Å². The molecule has 0 bridgehead atoms. The van der Waals surface area contributed by atoms with Crippen LogP contribution in [0.25, 0.3) is 0 Å². The number of amides is 2. The molecule has 1 saturated heterocycles. The van der Waals surface area contributed by atoms with Gasteiger partial charge >= 0.3 is 0 Å². The fourth-order valence-electron chi connectivity index (χ4n) is 2.85. The van der Waals surface area contributed by atoms with Gasteiger partial charge in [0, 0.05) is 38.2 Å². The number of rotatable bonds is 6. The molecule has 0 aliphatic carbocycles. The first-order valence-corrected chi connectivity index (χ1v) is 8.84. The highest BCUT2D eigenvalue weighted by atomic mass is 35.5. The van der Waals surface area contributed by atoms with E-state index in [1.807, 2.05) is 0 Å². The molecule has 1 aromatic carbocycles. The second-order valence-electron chi connectivity index (χ2n) is 6.17. The van der Waals surface area contributed by atoms with Gasteiger partial charge in [-0.1, -0.05) is 11.6 Å². The van der Waals surface area contributed by atoms with Crippen LogP contribution in [0.3, 0.4) is 0 Å². The van der Waals surface area contributed by atoms with Crippen LogP contribution in [0.15, 0.2) is 30.6 Å². The summed E-state index contributed by atoms with van der Waals surface area (Å²) in [6, 6.07) is 4.63. The Morgan fingerprint density at radius 2 is 1.86 bits per heavy atom. The number of benzene rings is 1. The zero-order valence-corrected chi connectivity index (χ0v) is 16.4. The highest BCUT2D eigenvalue weighted by molar-refractivity contribution is 6.30. The van der Waals surface area contributed by atoms with Gasteiger partial charge in [-0.25, -0.2) is 0 Å². The highest BCUT2D eigenvalue weighted by Crippen LogP contribution is 2.37. The maximum Gasteiger partial charge on any atom is 0.257 e. The summed E-state index contributed by atoms with van der Waals surface area (Å²) in [4.78, 5) is 30.9. The van der Waals surface area contributed by atoms with Gasteiger partial charge in [0.25, 0.3) is 11.8 Å². The summed E-state index contributed by atoms with van der Waals surface area (Å²) in [7, 11) is 4.53. The van der Waals surface area contributed by atoms with Gasteiger partial charge in [-0.15, -0.1) is 0 Å². The maximum absolute atomic E-state index is 12.7. The normalized spacial score (nSPS) is 13.6. The molecular weight excluding hydrogens is 386 g/mol. The van der Waals surface area contributed by atoms with Crippen molar-refractivity contribution in [3.63, 3.8) is 0 Å². The number of aromatic nitrogens is 1. The molecule has 2 amide bonds. The third-order valence-corrected chi connectivity index (χ3v) is 4.62. The van der Waals surface area contributed by atoms with Crippen molar-refractivity contribution in [2.24, 2.45) is 0 Å². The Morgan fingerprint density at radius 3 is 2.46 bits per heavy atom. The number of nitrogens with one attached hydrogen (secondary N) is 1. The van der Waals surface area contributed by atoms with Crippen LogP contribution in [0.5, 0.6) is 11.5 Å². The molecule has 3 rings (SSSR count). The molecule has 1 aliphatic heterocycles. The first-order chi connectivity index (χ1) is 13.5. The molecule has 0 atom stereocenters. The van der Waals surface area contributed by atoms with E-state index in [-0.39, 0.29) is 17.6 Å². The minimum absolute atomic E-state index is 0.0404. The molecule has 8 nitrogen and oxygen atoms in total. The first-order valence-electron chi connectivity index (χ1n) is 8.46. The van der Waals surface area contributed by atoms with Gasteiger partial charge in [0.15, 0.2) is 11.5 Å². The van der Waals surface area contributed by atoms with E-state index in [0.717, 1.165) is 0 Å². The van der Waals surface area contributed by atoms with E-state index < -0.39 is 5.91 Å². The third-order valence-electron chi connectivity index (χ3n) is 4.41. The van der Waals surface area contributed by atoms with Gasteiger partial charge in [-0.05, 0) is 18.2 Å². The Balaban J connectivity index is 1.90. The van der Waals surface area contributed by atoms with Crippen LogP contribution in [0.4, 0.5) is 5.69 Å². The monoisotopic (exact) mass is 405 g/mol. The molecule has 1 aromatic heterocycles. The Hall–Kier alpha value is -2.84. The summed E-state index contributed by atoms with van der Waals surface area (Å²) in [5, 5.41) is 3.07. The van der Waals surface area contributed by atoms with Crippen LogP contribution in [-0.2, 0) is 4.74 Å². The quantitative estimate of drug-likeness (QED) is 0.794. The molecule has 1 fully saturated rings. The summed E-state index contributed by atoms with van der Waals surface area (Å²) in [5.41, 5.74) is 0.946. The Bertz CT molecular complexity index is 899. The van der Waals surface area contributed by atoms with Crippen molar-refractivity contribution in [2.75, 3.05) is 39.7 Å². The molecule has 28 heavy (non-hydrogen) atoms. The molecule has 1 N–H and O–H groups in total. The van der Waals surface area contributed by atoms with Crippen molar-refractivity contribution in [2.45, 2.75) is 6.10 Å². The minimum Gasteiger partial charge on any atom is -0.493 e. The van der Waals surface area contributed by atoms with Gasteiger partial charge in [-0.3, -0.25) is 14.6 Å². The standard InChI is InChI=1S/C19H20ClN3O5/c1-26-14-9-23(10-14)19(25)11-5-15(17(28-3)16(6-11)27-2)22-18(24)12-4-13(20)8-21-7-12/h4-8,14H,9-10H2,1-3H3,(H,22,24). The molecule has 1 aliphatic rings. The zero-order valence-electron chi connectivity index (χ0n) is 15.7. The van der Waals surface area contributed by atoms with E-state index in [1.54, 1.807) is 24.1 Å². The van der Waals surface area contributed by atoms with Gasteiger partial charge in [0.05, 0.1) is 36.6 Å². The lowest BCUT2D eigenvalue weighted by Crippen LogP contribution is -2.54. The summed E-state index contributed by atoms with van der Waals surface area (Å²) >= 11 is 5.90. The molecule has 0 spiro atoms. The van der Waals surface area contributed by atoms with Crippen molar-refractivity contribution in [3.05, 3.63) is 46.7 Å². The highest BCUT2D eigenvalue weighted by Gasteiger charge is 2.32. The van der Waals surface area contributed by atoms with E-state index in [4.69, 9.17) is 25.8 Å². The lowest BCUT2D eigenvalue weighted by molar-refractivity contribution is -0.0192. The van der Waals surface area contributed by atoms with Crippen molar-refractivity contribution in [1.29, 1.82) is 0 Å². The van der Waals surface area contributed by atoms with E-state index >= 15 is 0 Å². The summed E-state index contributed by atoms with van der Waals surface area (Å²) in [6.07, 6.45) is 2.87. The van der Waals surface area contributed by atoms with Crippen LogP contribution in [0.1, 0.15) is 20.7 Å². The number of pyridine rings is 1. The van der Waals surface area contributed by atoms with Gasteiger partial charge in [0.2, 0.25) is 0 Å². The van der Waals surface area contributed by atoms with E-state index in [0.29, 0.717) is 40.9 Å². The second kappa shape index (κ2) is 8.45. The molecule has 0 saturated carbocycles. The summed E-state index contributed by atoms with van der Waals surface area (Å²) in [5.74, 6) is 0.00923. The van der Waals surface area contributed by atoms with Crippen LogP contribution < -0.4 is 14.8 Å². The van der Waals surface area contributed by atoms with Crippen LogP contribution in [0.2, 0.25) is 5.02 Å². The average Bonchev–Trinajstić information content (AvgIpc) is 2.66. The Morgan fingerprint density at radius 1 is 1.11 bits per heavy atom. The number of carbonyl (C=O) groups is 2. The lowest BCUT2D eigenvalue weighted by atomic mass is 10.1. The summed E-state index contributed by atoms with van der Waals surface area (Å²) in [6.45, 7) is 1.03. The zero-order chi connectivity index (χ0) is 20.3. The van der Waals surface area contributed by atoms with Crippen molar-refractivity contribution in [3.8, 4) is 11.5 Å². The molecule has 0 unspecified atom stereocenters. The number of halogens is 1. The molecule has 9 heteroatoms. The number of nitrogens with zero attached hydrogens (tertiary/aromatic N) is 2. The average molecular weight is 406 g/mol. The third kappa shape index (κ3) is 4.02. The fourth-order valence-corrected chi connectivity index (χ4v) is 3.02. The molecule has 0 radical (unpaired) electrons. The van der Waals surface area contributed by atoms with E-state index in [2.05, 4.69) is 10.3 Å². The topological polar surface area (TPSA) is 90.0 Å². The fraction of sp³-hybridized carbons (Fsp3) is 0.316. The van der Waals surface area contributed by atoms with Crippen LogP contribution in [-0.4, -0.2) is 62.2 Å². The maximum atomic E-state index is 12.7. The predicted octanol–water partition coefficient (Wildman–Crippen LogP) is 2.48. The lowest BCUT2D eigenvalue weighted by Gasteiger charge is -2.38. The number of methoxy groups -OCH3 is 3. The van der Waals surface area contributed by atoms with Crippen molar-refractivity contribution >= 4 is 29.1 Å². The van der Waals surface area contributed by atoms with Crippen LogP contribution in [0, 0.1) is 0 Å². The molecule has 2 aromatic rings. The smallest absolute Gasteiger partial charge is 0.257 e. The Labute approximate surface area is 167 Å². The van der Waals surface area contributed by atoms with Gasteiger partial charge in [-0.2, -0.15) is 0 Å². The van der Waals surface area contributed by atoms with E-state index in [1.165, 1.54) is 32.7 Å². The minimum atomic E-state index is -0.441. The Kier molecular flexibility index (Phi) is 6.01. The van der Waals surface area contributed by atoms with Crippen molar-refractivity contribution < 1.29 is 23.8 Å². The number of ether oxygens (including phenoxy) is 3. The molecule has 2 heterocycles. The summed E-state index contributed by atoms with van der Waals surface area (Å²) < 4.78 is 15.9. The van der Waals surface area contributed by atoms with Crippen LogP contribution >= 0.6 is 11.6 Å². The molecular formula is C19H20ClN3O5. The largest absolute Gasteiger partial charge is 0.493 e. The van der Waals surface area contributed by atoms with Gasteiger partial charge in [0.1, 0.15) is 0 Å². The SMILES string of the molecule is COc1cc(C(=O)N2CC(OC)C2)cc(NC(=O)c2cncc(Cl)c2)c1OC. The number of hydrogen-bond acceptors (Lipinski definition) is 6. The predicted molar refractivity (Wildman–Crippen MR) is 103 cm³/mol. The number of anilines is 1. The number of hydrogen-bond donors (Lipinski definition) is 1. The number of carbonyl (C=O) groups excluding carboxylic acids is 2. The van der Waals surface area contributed by atoms with E-state index in [9.17, 15) is 9.59 Å². The molecule has 148 valence electrons. The number of likely N-dealkylation sites (tertiary alicyclic amines) is 1. The van der Waals surface area contributed by atoms with Gasteiger partial charge < -0.3 is 24.4 Å². The second-order valence-corrected chi connectivity index (χ2v) is 6.61. The first kappa shape index (κ1) is 19.9.